The largest absolute Gasteiger partial charge is 0.404 e. The molecule has 0 bridgehead atoms. The highest BCUT2D eigenvalue weighted by atomic mass is 16.5. The maximum absolute atomic E-state index is 12.9. The van der Waals surface area contributed by atoms with Crippen molar-refractivity contribution in [1.82, 2.24) is 9.78 Å². The van der Waals surface area contributed by atoms with Gasteiger partial charge in [0.25, 0.3) is 0 Å². The molecule has 0 aliphatic carbocycles. The van der Waals surface area contributed by atoms with Gasteiger partial charge >= 0.3 is 5.97 Å². The Kier molecular flexibility index (Phi) is 4.24. The van der Waals surface area contributed by atoms with Gasteiger partial charge in [-0.3, -0.25) is 0 Å². The molecular formula is C23H20N2O2. The molecule has 4 nitrogen and oxygen atoms in total. The second-order valence-electron chi connectivity index (χ2n) is 6.74. The van der Waals surface area contributed by atoms with Crippen LogP contribution in [0, 0.1) is 20.8 Å². The Morgan fingerprint density at radius 1 is 0.926 bits per heavy atom. The van der Waals surface area contributed by atoms with E-state index in [0.717, 1.165) is 27.7 Å². The van der Waals surface area contributed by atoms with E-state index in [1.807, 2.05) is 69.3 Å². The Morgan fingerprint density at radius 3 is 2.52 bits per heavy atom. The lowest BCUT2D eigenvalue weighted by atomic mass is 10.1. The second kappa shape index (κ2) is 6.72. The first-order valence-electron chi connectivity index (χ1n) is 8.87. The molecule has 3 aromatic carbocycles. The van der Waals surface area contributed by atoms with E-state index in [1.165, 1.54) is 5.56 Å². The number of carbonyl (C=O) groups is 1. The van der Waals surface area contributed by atoms with Crippen molar-refractivity contribution >= 4 is 16.7 Å². The molecule has 0 N–H and O–H groups in total. The number of rotatable bonds is 3. The molecule has 0 amide bonds. The number of ether oxygens (including phenoxy) is 1. The first-order chi connectivity index (χ1) is 13.0. The van der Waals surface area contributed by atoms with Crippen LogP contribution in [0.3, 0.4) is 0 Å². The number of carbonyl (C=O) groups excluding carboxylic acids is 1. The summed E-state index contributed by atoms with van der Waals surface area (Å²) in [5, 5.41) is 6.40. The molecule has 4 heteroatoms. The van der Waals surface area contributed by atoms with Crippen LogP contribution in [0.1, 0.15) is 27.2 Å². The van der Waals surface area contributed by atoms with Crippen LogP contribution in [0.15, 0.2) is 66.7 Å². The third-order valence-corrected chi connectivity index (χ3v) is 4.59. The molecule has 27 heavy (non-hydrogen) atoms. The summed E-state index contributed by atoms with van der Waals surface area (Å²) < 4.78 is 7.45. The van der Waals surface area contributed by atoms with Crippen molar-refractivity contribution in [3.8, 4) is 11.6 Å². The smallest absolute Gasteiger partial charge is 0.345 e. The zero-order chi connectivity index (χ0) is 19.0. The van der Waals surface area contributed by atoms with Crippen LogP contribution in [0.4, 0.5) is 0 Å². The Hall–Kier alpha value is -3.40. The molecule has 0 aliphatic heterocycles. The van der Waals surface area contributed by atoms with Crippen LogP contribution < -0.4 is 4.74 Å². The van der Waals surface area contributed by atoms with Crippen molar-refractivity contribution in [3.63, 3.8) is 0 Å². The molecule has 0 unspecified atom stereocenters. The summed E-state index contributed by atoms with van der Waals surface area (Å²) in [6.07, 6.45) is 0. The van der Waals surface area contributed by atoms with E-state index in [-0.39, 0.29) is 0 Å². The third-order valence-electron chi connectivity index (χ3n) is 4.59. The van der Waals surface area contributed by atoms with Crippen molar-refractivity contribution in [1.29, 1.82) is 0 Å². The van der Waals surface area contributed by atoms with Gasteiger partial charge in [-0.25, -0.2) is 9.48 Å². The molecular weight excluding hydrogens is 336 g/mol. The highest BCUT2D eigenvalue weighted by molar-refractivity contribution is 6.05. The predicted octanol–water partition coefficient (Wildman–Crippen LogP) is 5.17. The average Bonchev–Trinajstić information content (AvgIpc) is 3.01. The first kappa shape index (κ1) is 17.0. The minimum absolute atomic E-state index is 0.391. The van der Waals surface area contributed by atoms with Crippen LogP contribution in [-0.2, 0) is 0 Å². The monoisotopic (exact) mass is 356 g/mol. The molecule has 0 fully saturated rings. The van der Waals surface area contributed by atoms with Crippen LogP contribution in [0.5, 0.6) is 5.88 Å². The number of nitrogens with zero attached hydrogens (tertiary/aromatic N) is 2. The SMILES string of the molecule is Cc1ccc(-n2nc(C)cc2OC(=O)c2cccc3ccccc23)c(C)c1. The molecule has 1 heterocycles. The lowest BCUT2D eigenvalue weighted by molar-refractivity contribution is 0.0725. The van der Waals surface area contributed by atoms with Gasteiger partial charge in [-0.05, 0) is 49.2 Å². The Bertz CT molecular complexity index is 1150. The van der Waals surface area contributed by atoms with Gasteiger partial charge in [0.1, 0.15) is 0 Å². The number of aryl methyl sites for hydroxylation is 3. The standard InChI is InChI=1S/C23H20N2O2/c1-15-11-12-21(16(2)13-15)25-22(14-17(3)24-25)27-23(26)20-10-6-8-18-7-4-5-9-19(18)20/h4-14H,1-3H3. The maximum Gasteiger partial charge on any atom is 0.345 e. The van der Waals surface area contributed by atoms with Crippen LogP contribution in [0.25, 0.3) is 16.5 Å². The fraction of sp³-hybridized carbons (Fsp3) is 0.130. The Balaban J connectivity index is 1.74. The van der Waals surface area contributed by atoms with Crippen molar-refractivity contribution in [2.24, 2.45) is 0 Å². The number of hydrogen-bond acceptors (Lipinski definition) is 3. The predicted molar refractivity (Wildman–Crippen MR) is 107 cm³/mol. The van der Waals surface area contributed by atoms with Crippen molar-refractivity contribution in [2.75, 3.05) is 0 Å². The van der Waals surface area contributed by atoms with E-state index in [0.29, 0.717) is 11.4 Å². The van der Waals surface area contributed by atoms with Gasteiger partial charge in [0, 0.05) is 6.07 Å². The fourth-order valence-corrected chi connectivity index (χ4v) is 3.32. The van der Waals surface area contributed by atoms with Gasteiger partial charge in [0.2, 0.25) is 5.88 Å². The van der Waals surface area contributed by atoms with Crippen LogP contribution in [0.2, 0.25) is 0 Å². The molecule has 0 saturated carbocycles. The summed E-state index contributed by atoms with van der Waals surface area (Å²) in [5.41, 5.74) is 4.47. The molecule has 0 spiro atoms. The second-order valence-corrected chi connectivity index (χ2v) is 6.74. The van der Waals surface area contributed by atoms with Gasteiger partial charge in [-0.1, -0.05) is 54.1 Å². The van der Waals surface area contributed by atoms with E-state index in [4.69, 9.17) is 4.74 Å². The highest BCUT2D eigenvalue weighted by Crippen LogP contribution is 2.25. The number of esters is 1. The van der Waals surface area contributed by atoms with Crippen LogP contribution >= 0.6 is 0 Å². The summed E-state index contributed by atoms with van der Waals surface area (Å²) in [6, 6.07) is 21.3. The van der Waals surface area contributed by atoms with Gasteiger partial charge in [0.15, 0.2) is 0 Å². The normalized spacial score (nSPS) is 10.9. The van der Waals surface area contributed by atoms with Gasteiger partial charge < -0.3 is 4.74 Å². The summed E-state index contributed by atoms with van der Waals surface area (Å²) in [7, 11) is 0. The molecule has 0 radical (unpaired) electrons. The van der Waals surface area contributed by atoms with Crippen molar-refractivity contribution < 1.29 is 9.53 Å². The number of fused-ring (bicyclic) bond motifs is 1. The summed E-state index contributed by atoms with van der Waals surface area (Å²) in [6.45, 7) is 5.96. The maximum atomic E-state index is 12.9. The lowest BCUT2D eigenvalue weighted by Crippen LogP contribution is -2.12. The molecule has 0 saturated heterocycles. The molecule has 0 aliphatic rings. The minimum Gasteiger partial charge on any atom is -0.404 e. The summed E-state index contributed by atoms with van der Waals surface area (Å²) in [4.78, 5) is 12.9. The Morgan fingerprint density at radius 2 is 1.70 bits per heavy atom. The molecule has 1 aromatic heterocycles. The molecule has 4 rings (SSSR count). The Labute approximate surface area is 158 Å². The molecule has 134 valence electrons. The zero-order valence-electron chi connectivity index (χ0n) is 15.6. The van der Waals surface area contributed by atoms with Gasteiger partial charge in [0.05, 0.1) is 16.9 Å². The van der Waals surface area contributed by atoms with Crippen molar-refractivity contribution in [3.05, 3.63) is 89.1 Å². The van der Waals surface area contributed by atoms with E-state index in [1.54, 1.807) is 16.8 Å². The fourth-order valence-electron chi connectivity index (χ4n) is 3.32. The highest BCUT2D eigenvalue weighted by Gasteiger charge is 2.17. The van der Waals surface area contributed by atoms with E-state index in [2.05, 4.69) is 11.2 Å². The summed E-state index contributed by atoms with van der Waals surface area (Å²) >= 11 is 0. The first-order valence-corrected chi connectivity index (χ1v) is 8.87. The van der Waals surface area contributed by atoms with E-state index in [9.17, 15) is 4.79 Å². The zero-order valence-corrected chi connectivity index (χ0v) is 15.6. The van der Waals surface area contributed by atoms with Crippen molar-refractivity contribution in [2.45, 2.75) is 20.8 Å². The lowest BCUT2D eigenvalue weighted by Gasteiger charge is -2.11. The third kappa shape index (κ3) is 3.22. The quantitative estimate of drug-likeness (QED) is 0.476. The van der Waals surface area contributed by atoms with E-state index < -0.39 is 5.97 Å². The minimum atomic E-state index is -0.391. The molecule has 4 aromatic rings. The number of aromatic nitrogens is 2. The van der Waals surface area contributed by atoms with Gasteiger partial charge in [-0.2, -0.15) is 5.10 Å². The van der Waals surface area contributed by atoms with Crippen LogP contribution in [-0.4, -0.2) is 15.7 Å². The number of hydrogen-bond donors (Lipinski definition) is 0. The van der Waals surface area contributed by atoms with E-state index >= 15 is 0 Å². The van der Waals surface area contributed by atoms with Gasteiger partial charge in [-0.15, -0.1) is 0 Å². The average molecular weight is 356 g/mol. The molecule has 0 atom stereocenters. The topological polar surface area (TPSA) is 44.1 Å². The summed E-state index contributed by atoms with van der Waals surface area (Å²) in [5.74, 6) is 0.0232. The number of benzene rings is 3.